The summed E-state index contributed by atoms with van der Waals surface area (Å²) in [6.45, 7) is 2.08. The van der Waals surface area contributed by atoms with E-state index in [0.717, 1.165) is 58.4 Å². The predicted molar refractivity (Wildman–Crippen MR) is 298 cm³/mol. The third-order valence-electron chi connectivity index (χ3n) is 14.5. The highest BCUT2D eigenvalue weighted by molar-refractivity contribution is 6.12. The Morgan fingerprint density at radius 3 is 1.49 bits per heavy atom. The van der Waals surface area contributed by atoms with Crippen LogP contribution >= 0.6 is 0 Å². The molecule has 0 radical (unpaired) electrons. The van der Waals surface area contributed by atoms with Gasteiger partial charge in [-0.3, -0.25) is 0 Å². The number of fused-ring (bicyclic) bond motifs is 9. The zero-order valence-corrected chi connectivity index (χ0v) is 39.6. The lowest BCUT2D eigenvalue weighted by molar-refractivity contribution is 0.690. The summed E-state index contributed by atoms with van der Waals surface area (Å²) in [5.41, 5.74) is 20.3. The van der Waals surface area contributed by atoms with Crippen LogP contribution in [0.5, 0.6) is 0 Å². The maximum atomic E-state index is 5.50. The molecule has 0 bridgehead atoms. The Morgan fingerprint density at radius 1 is 0.338 bits per heavy atom. The van der Waals surface area contributed by atoms with Crippen molar-refractivity contribution in [3.05, 3.63) is 253 Å². The molecule has 338 valence electrons. The molecule has 4 nitrogen and oxygen atoms in total. The lowest BCUT2D eigenvalue weighted by atomic mass is 9.83. The summed E-state index contributed by atoms with van der Waals surface area (Å²) >= 11 is 0. The van der Waals surface area contributed by atoms with Crippen LogP contribution in [0.3, 0.4) is 0 Å². The van der Waals surface area contributed by atoms with Crippen LogP contribution in [0.4, 0.5) is 0 Å². The zero-order valence-electron chi connectivity index (χ0n) is 39.6. The number of hydrogen-bond acceptors (Lipinski definition) is 2. The molecule has 4 heteroatoms. The molecule has 0 amide bonds. The number of benzene rings is 10. The third kappa shape index (κ3) is 7.56. The average Bonchev–Trinajstić information content (AvgIpc) is 3.96. The monoisotopic (exact) mass is 910 g/mol. The second-order valence-corrected chi connectivity index (χ2v) is 18.8. The van der Waals surface area contributed by atoms with Gasteiger partial charge in [-0.1, -0.05) is 181 Å². The first kappa shape index (κ1) is 42.3. The SMILES string of the molecule is Cc1ccccc1.c1ccc(-c2nc(-c3ccc(-c4ccc5c(c4)c4ccccc4n5-c4ccccc4)cc3)nc3c4c(c(-c5ccc6c7ccccc7n(-c7ccccc7)c6c5)cc23)CCCC4)cc1. The number of rotatable bonds is 6. The number of hydrogen-bond donors (Lipinski definition) is 0. The maximum absolute atomic E-state index is 5.50. The fraction of sp³-hybridized carbons (Fsp3) is 0.0746. The van der Waals surface area contributed by atoms with Gasteiger partial charge >= 0.3 is 0 Å². The molecule has 14 rings (SSSR count). The Labute approximate surface area is 413 Å². The van der Waals surface area contributed by atoms with Crippen molar-refractivity contribution in [1.29, 1.82) is 0 Å². The lowest BCUT2D eigenvalue weighted by Gasteiger charge is -2.23. The topological polar surface area (TPSA) is 35.6 Å². The van der Waals surface area contributed by atoms with Crippen molar-refractivity contribution >= 4 is 54.5 Å². The van der Waals surface area contributed by atoms with Crippen molar-refractivity contribution in [3.63, 3.8) is 0 Å². The summed E-state index contributed by atoms with van der Waals surface area (Å²) in [5.74, 6) is 0.758. The van der Waals surface area contributed by atoms with E-state index in [1.807, 2.05) is 18.2 Å². The molecule has 0 saturated carbocycles. The Bertz CT molecular complexity index is 4080. The normalized spacial score (nSPS) is 12.4. The van der Waals surface area contributed by atoms with E-state index in [-0.39, 0.29) is 0 Å². The van der Waals surface area contributed by atoms with Crippen molar-refractivity contribution in [3.8, 4) is 56.3 Å². The van der Waals surface area contributed by atoms with Crippen LogP contribution in [0, 0.1) is 6.92 Å². The Hall–Kier alpha value is -8.86. The summed E-state index contributed by atoms with van der Waals surface area (Å²) in [4.78, 5) is 11.0. The van der Waals surface area contributed by atoms with E-state index in [4.69, 9.17) is 9.97 Å². The first-order valence-electron chi connectivity index (χ1n) is 24.9. The first-order valence-corrected chi connectivity index (χ1v) is 24.9. The molecule has 13 aromatic rings. The van der Waals surface area contributed by atoms with Gasteiger partial charge in [0.25, 0.3) is 0 Å². The van der Waals surface area contributed by atoms with E-state index in [2.05, 4.69) is 234 Å². The minimum Gasteiger partial charge on any atom is -0.309 e. The van der Waals surface area contributed by atoms with Crippen molar-refractivity contribution in [2.45, 2.75) is 32.6 Å². The second-order valence-electron chi connectivity index (χ2n) is 18.8. The summed E-state index contributed by atoms with van der Waals surface area (Å²) in [7, 11) is 0. The van der Waals surface area contributed by atoms with Crippen LogP contribution in [-0.4, -0.2) is 19.1 Å². The number of aromatic nitrogens is 4. The largest absolute Gasteiger partial charge is 0.309 e. The highest BCUT2D eigenvalue weighted by Crippen LogP contribution is 2.43. The average molecular weight is 911 g/mol. The Kier molecular flexibility index (Phi) is 10.7. The van der Waals surface area contributed by atoms with E-state index < -0.39 is 0 Å². The molecular formula is C67H50N4. The van der Waals surface area contributed by atoms with Gasteiger partial charge in [0.2, 0.25) is 0 Å². The zero-order chi connectivity index (χ0) is 47.3. The van der Waals surface area contributed by atoms with Gasteiger partial charge in [0.15, 0.2) is 5.82 Å². The molecule has 0 spiro atoms. The molecule has 0 saturated heterocycles. The van der Waals surface area contributed by atoms with Gasteiger partial charge in [0.1, 0.15) is 0 Å². The summed E-state index contributed by atoms with van der Waals surface area (Å²) < 4.78 is 4.78. The fourth-order valence-corrected chi connectivity index (χ4v) is 11.1. The highest BCUT2D eigenvalue weighted by atomic mass is 15.0. The molecule has 0 atom stereocenters. The Morgan fingerprint density at radius 2 is 0.845 bits per heavy atom. The third-order valence-corrected chi connectivity index (χ3v) is 14.5. The Balaban J connectivity index is 0.000000650. The molecule has 10 aromatic carbocycles. The first-order chi connectivity index (χ1) is 35.1. The molecule has 3 aromatic heterocycles. The smallest absolute Gasteiger partial charge is 0.160 e. The van der Waals surface area contributed by atoms with Crippen LogP contribution in [-0.2, 0) is 12.8 Å². The maximum Gasteiger partial charge on any atom is 0.160 e. The molecule has 0 fully saturated rings. The molecule has 1 aliphatic rings. The highest BCUT2D eigenvalue weighted by Gasteiger charge is 2.24. The second kappa shape index (κ2) is 17.9. The van der Waals surface area contributed by atoms with Gasteiger partial charge in [-0.05, 0) is 127 Å². The van der Waals surface area contributed by atoms with Crippen molar-refractivity contribution in [2.24, 2.45) is 0 Å². The van der Waals surface area contributed by atoms with Crippen LogP contribution in [0.25, 0.3) is 111 Å². The molecule has 3 heterocycles. The lowest BCUT2D eigenvalue weighted by Crippen LogP contribution is -2.08. The number of nitrogens with zero attached hydrogens (tertiary/aromatic N) is 4. The van der Waals surface area contributed by atoms with Crippen LogP contribution in [0.2, 0.25) is 0 Å². The minimum atomic E-state index is 0.758. The number of para-hydroxylation sites is 4. The molecule has 0 unspecified atom stereocenters. The van der Waals surface area contributed by atoms with Crippen LogP contribution in [0.15, 0.2) is 237 Å². The fourth-order valence-electron chi connectivity index (χ4n) is 11.1. The van der Waals surface area contributed by atoms with Crippen molar-refractivity contribution in [2.75, 3.05) is 0 Å². The summed E-state index contributed by atoms with van der Waals surface area (Å²) in [6.07, 6.45) is 4.35. The van der Waals surface area contributed by atoms with E-state index >= 15 is 0 Å². The minimum absolute atomic E-state index is 0.758. The predicted octanol–water partition coefficient (Wildman–Crippen LogP) is 17.4. The van der Waals surface area contributed by atoms with Crippen LogP contribution < -0.4 is 0 Å². The van der Waals surface area contributed by atoms with Gasteiger partial charge in [-0.2, -0.15) is 0 Å². The van der Waals surface area contributed by atoms with E-state index in [1.54, 1.807) is 0 Å². The van der Waals surface area contributed by atoms with Crippen molar-refractivity contribution in [1.82, 2.24) is 19.1 Å². The molecular weight excluding hydrogens is 861 g/mol. The van der Waals surface area contributed by atoms with Gasteiger partial charge in [-0.25, -0.2) is 9.97 Å². The molecule has 0 aliphatic heterocycles. The quantitative estimate of drug-likeness (QED) is 0.167. The van der Waals surface area contributed by atoms with Gasteiger partial charge in [-0.15, -0.1) is 0 Å². The molecule has 1 aliphatic carbocycles. The van der Waals surface area contributed by atoms with E-state index in [1.165, 1.54) is 94.8 Å². The summed E-state index contributed by atoms with van der Waals surface area (Å²) in [5, 5.41) is 6.13. The summed E-state index contributed by atoms with van der Waals surface area (Å²) in [6, 6.07) is 85.0. The molecule has 0 N–H and O–H groups in total. The number of aryl methyl sites for hydroxylation is 2. The van der Waals surface area contributed by atoms with Gasteiger partial charge < -0.3 is 9.13 Å². The standard InChI is InChI=1S/C60H42N4.C7H8/c1-4-16-40(17-5-1)58-53-38-51(43-32-34-49-47-23-12-14-26-54(47)64(57(49)37-43)45-20-8-3-9-21-45)46-22-10-11-25-50(46)59(53)62-60(61-58)41-30-28-39(29-31-41)42-33-35-56-52(36-42)48-24-13-15-27-55(48)63(56)44-18-6-2-7-19-44;1-7-5-3-2-4-6-7/h1-9,12-21,23-24,26-38H,10-11,22,25H2;2-6H,1H3. The van der Waals surface area contributed by atoms with Gasteiger partial charge in [0, 0.05) is 49.4 Å². The van der Waals surface area contributed by atoms with Crippen molar-refractivity contribution < 1.29 is 0 Å². The van der Waals surface area contributed by atoms with E-state index in [0.29, 0.717) is 0 Å². The van der Waals surface area contributed by atoms with Gasteiger partial charge in [0.05, 0.1) is 33.3 Å². The molecule has 71 heavy (non-hydrogen) atoms. The van der Waals surface area contributed by atoms with E-state index in [9.17, 15) is 0 Å². The van der Waals surface area contributed by atoms with Crippen LogP contribution in [0.1, 0.15) is 29.5 Å².